The molecule has 0 aliphatic carbocycles. The van der Waals surface area contributed by atoms with Crippen LogP contribution < -0.4 is 0 Å². The first kappa shape index (κ1) is 11.3. The van der Waals surface area contributed by atoms with E-state index in [1.165, 1.54) is 0 Å². The SMILES string of the molecule is O=C(O)CCCc1nc(-c2ccncc2)no1. The van der Waals surface area contributed by atoms with Crippen molar-refractivity contribution in [3.8, 4) is 11.4 Å². The fraction of sp³-hybridized carbons (Fsp3) is 0.273. The quantitative estimate of drug-likeness (QED) is 0.842. The van der Waals surface area contributed by atoms with Crippen LogP contribution >= 0.6 is 0 Å². The van der Waals surface area contributed by atoms with Crippen molar-refractivity contribution < 1.29 is 14.4 Å². The Kier molecular flexibility index (Phi) is 3.44. The van der Waals surface area contributed by atoms with Crippen LogP contribution in [0.5, 0.6) is 0 Å². The van der Waals surface area contributed by atoms with Gasteiger partial charge in [-0.3, -0.25) is 9.78 Å². The van der Waals surface area contributed by atoms with Crippen molar-refractivity contribution in [3.05, 3.63) is 30.4 Å². The van der Waals surface area contributed by atoms with Crippen LogP contribution in [0.15, 0.2) is 29.0 Å². The van der Waals surface area contributed by atoms with Crippen LogP contribution in [-0.4, -0.2) is 26.2 Å². The number of hydrogen-bond acceptors (Lipinski definition) is 5. The van der Waals surface area contributed by atoms with Gasteiger partial charge in [0.2, 0.25) is 11.7 Å². The molecule has 0 atom stereocenters. The summed E-state index contributed by atoms with van der Waals surface area (Å²) in [5, 5.41) is 12.3. The average Bonchev–Trinajstić information content (AvgIpc) is 2.78. The molecule has 0 aromatic carbocycles. The second kappa shape index (κ2) is 5.20. The zero-order chi connectivity index (χ0) is 12.1. The molecule has 6 heteroatoms. The van der Waals surface area contributed by atoms with Crippen molar-refractivity contribution in [1.29, 1.82) is 0 Å². The third-order valence-electron chi connectivity index (χ3n) is 2.19. The molecule has 0 radical (unpaired) electrons. The summed E-state index contributed by atoms with van der Waals surface area (Å²) in [7, 11) is 0. The van der Waals surface area contributed by atoms with Crippen molar-refractivity contribution in [2.45, 2.75) is 19.3 Å². The first-order chi connectivity index (χ1) is 8.25. The summed E-state index contributed by atoms with van der Waals surface area (Å²) in [5.74, 6) is 0.134. The monoisotopic (exact) mass is 233 g/mol. The van der Waals surface area contributed by atoms with E-state index in [0.717, 1.165) is 5.56 Å². The Morgan fingerprint density at radius 1 is 1.35 bits per heavy atom. The van der Waals surface area contributed by atoms with Gasteiger partial charge in [-0.15, -0.1) is 0 Å². The van der Waals surface area contributed by atoms with Gasteiger partial charge in [-0.05, 0) is 18.6 Å². The molecule has 0 unspecified atom stereocenters. The van der Waals surface area contributed by atoms with E-state index in [9.17, 15) is 4.79 Å². The molecule has 2 aromatic heterocycles. The number of carboxylic acid groups (broad SMARTS) is 1. The minimum atomic E-state index is -0.820. The summed E-state index contributed by atoms with van der Waals surface area (Å²) in [6.07, 6.45) is 4.37. The van der Waals surface area contributed by atoms with Crippen LogP contribution in [0.2, 0.25) is 0 Å². The maximum Gasteiger partial charge on any atom is 0.303 e. The molecule has 0 aliphatic rings. The fourth-order valence-corrected chi connectivity index (χ4v) is 1.37. The maximum atomic E-state index is 10.3. The highest BCUT2D eigenvalue weighted by Crippen LogP contribution is 2.14. The lowest BCUT2D eigenvalue weighted by Crippen LogP contribution is -1.95. The molecule has 0 fully saturated rings. The van der Waals surface area contributed by atoms with Gasteiger partial charge in [0.05, 0.1) is 0 Å². The summed E-state index contributed by atoms with van der Waals surface area (Å²) in [4.78, 5) is 18.4. The van der Waals surface area contributed by atoms with Crippen LogP contribution in [0.1, 0.15) is 18.7 Å². The highest BCUT2D eigenvalue weighted by atomic mass is 16.5. The number of aryl methyl sites for hydroxylation is 1. The molecule has 0 aliphatic heterocycles. The van der Waals surface area contributed by atoms with E-state index in [4.69, 9.17) is 9.63 Å². The van der Waals surface area contributed by atoms with E-state index in [2.05, 4.69) is 15.1 Å². The van der Waals surface area contributed by atoms with Crippen molar-refractivity contribution in [1.82, 2.24) is 15.1 Å². The van der Waals surface area contributed by atoms with Crippen LogP contribution in [0.4, 0.5) is 0 Å². The zero-order valence-electron chi connectivity index (χ0n) is 9.04. The summed E-state index contributed by atoms with van der Waals surface area (Å²) in [6, 6.07) is 3.57. The van der Waals surface area contributed by atoms with Gasteiger partial charge in [0, 0.05) is 30.8 Å². The predicted octanol–water partition coefficient (Wildman–Crippen LogP) is 1.54. The van der Waals surface area contributed by atoms with Gasteiger partial charge in [0.25, 0.3) is 0 Å². The average molecular weight is 233 g/mol. The molecule has 0 saturated heterocycles. The topological polar surface area (TPSA) is 89.1 Å². The molecule has 6 nitrogen and oxygen atoms in total. The second-order valence-corrected chi connectivity index (χ2v) is 3.49. The number of pyridine rings is 1. The molecule has 17 heavy (non-hydrogen) atoms. The van der Waals surface area contributed by atoms with Gasteiger partial charge in [0.1, 0.15) is 0 Å². The van der Waals surface area contributed by atoms with E-state index in [0.29, 0.717) is 24.6 Å². The van der Waals surface area contributed by atoms with Gasteiger partial charge in [-0.2, -0.15) is 4.98 Å². The Labute approximate surface area is 97.3 Å². The zero-order valence-corrected chi connectivity index (χ0v) is 9.04. The highest BCUT2D eigenvalue weighted by molar-refractivity contribution is 5.66. The molecule has 0 bridgehead atoms. The van der Waals surface area contributed by atoms with Crippen LogP contribution in [-0.2, 0) is 11.2 Å². The fourth-order valence-electron chi connectivity index (χ4n) is 1.37. The van der Waals surface area contributed by atoms with E-state index in [1.54, 1.807) is 24.5 Å². The number of hydrogen-bond donors (Lipinski definition) is 1. The van der Waals surface area contributed by atoms with Gasteiger partial charge >= 0.3 is 5.97 Å². The van der Waals surface area contributed by atoms with Crippen LogP contribution in [0.3, 0.4) is 0 Å². The Bertz CT molecular complexity index is 496. The third-order valence-corrected chi connectivity index (χ3v) is 2.19. The lowest BCUT2D eigenvalue weighted by Gasteiger charge is -1.91. The summed E-state index contributed by atoms with van der Waals surface area (Å²) < 4.78 is 5.03. The molecule has 0 spiro atoms. The van der Waals surface area contributed by atoms with Crippen molar-refractivity contribution in [2.75, 3.05) is 0 Å². The van der Waals surface area contributed by atoms with Crippen LogP contribution in [0, 0.1) is 0 Å². The summed E-state index contributed by atoms with van der Waals surface area (Å²) >= 11 is 0. The normalized spacial score (nSPS) is 10.4. The van der Waals surface area contributed by atoms with E-state index < -0.39 is 5.97 Å². The number of nitrogens with zero attached hydrogens (tertiary/aromatic N) is 3. The lowest BCUT2D eigenvalue weighted by atomic mass is 10.2. The van der Waals surface area contributed by atoms with Crippen molar-refractivity contribution in [3.63, 3.8) is 0 Å². The van der Waals surface area contributed by atoms with Gasteiger partial charge in [-0.1, -0.05) is 5.16 Å². The molecule has 0 amide bonds. The lowest BCUT2D eigenvalue weighted by molar-refractivity contribution is -0.137. The first-order valence-corrected chi connectivity index (χ1v) is 5.20. The van der Waals surface area contributed by atoms with Crippen LogP contribution in [0.25, 0.3) is 11.4 Å². The molecule has 2 aromatic rings. The number of aliphatic carboxylic acids is 1. The largest absolute Gasteiger partial charge is 0.481 e. The van der Waals surface area contributed by atoms with E-state index in [1.807, 2.05) is 0 Å². The van der Waals surface area contributed by atoms with Crippen molar-refractivity contribution in [2.24, 2.45) is 0 Å². The van der Waals surface area contributed by atoms with E-state index in [-0.39, 0.29) is 6.42 Å². The summed E-state index contributed by atoms with van der Waals surface area (Å²) in [6.45, 7) is 0. The minimum Gasteiger partial charge on any atom is -0.481 e. The predicted molar refractivity (Wildman–Crippen MR) is 58.1 cm³/mol. The summed E-state index contributed by atoms with van der Waals surface area (Å²) in [5.41, 5.74) is 0.827. The minimum absolute atomic E-state index is 0.104. The van der Waals surface area contributed by atoms with Gasteiger partial charge in [-0.25, -0.2) is 0 Å². The van der Waals surface area contributed by atoms with Gasteiger partial charge in [0.15, 0.2) is 0 Å². The molecular formula is C11H11N3O3. The van der Waals surface area contributed by atoms with Crippen molar-refractivity contribution >= 4 is 5.97 Å². The second-order valence-electron chi connectivity index (χ2n) is 3.49. The Morgan fingerprint density at radius 2 is 2.12 bits per heavy atom. The number of rotatable bonds is 5. The van der Waals surface area contributed by atoms with Gasteiger partial charge < -0.3 is 9.63 Å². The smallest absolute Gasteiger partial charge is 0.303 e. The number of carbonyl (C=O) groups is 1. The molecule has 0 saturated carbocycles. The first-order valence-electron chi connectivity index (χ1n) is 5.20. The number of aromatic nitrogens is 3. The molecule has 2 rings (SSSR count). The molecule has 88 valence electrons. The maximum absolute atomic E-state index is 10.3. The third kappa shape index (κ3) is 3.10. The number of carboxylic acids is 1. The molecular weight excluding hydrogens is 222 g/mol. The standard InChI is InChI=1S/C11H11N3O3/c15-10(16)3-1-2-9-13-11(14-17-9)8-4-6-12-7-5-8/h4-7H,1-3H2,(H,15,16). The Hall–Kier alpha value is -2.24. The highest BCUT2D eigenvalue weighted by Gasteiger charge is 2.08. The Balaban J connectivity index is 1.99. The van der Waals surface area contributed by atoms with E-state index >= 15 is 0 Å². The molecule has 1 N–H and O–H groups in total. The molecule has 2 heterocycles. The Morgan fingerprint density at radius 3 is 2.82 bits per heavy atom.